The highest BCUT2D eigenvalue weighted by Gasteiger charge is 2.31. The first-order valence-corrected chi connectivity index (χ1v) is 5.97. The van der Waals surface area contributed by atoms with Gasteiger partial charge in [0.1, 0.15) is 0 Å². The first kappa shape index (κ1) is 10.4. The molecule has 1 rings (SSSR count). The molecule has 1 unspecified atom stereocenters. The molecule has 2 nitrogen and oxygen atoms in total. The van der Waals surface area contributed by atoms with E-state index in [1.807, 2.05) is 11.8 Å². The molecule has 0 heterocycles. The Kier molecular flexibility index (Phi) is 3.87. The second-order valence-electron chi connectivity index (χ2n) is 3.88. The molecule has 0 spiro atoms. The van der Waals surface area contributed by atoms with Crippen LogP contribution in [0.4, 0.5) is 0 Å². The number of aliphatic hydroxyl groups excluding tert-OH is 1. The fraction of sp³-hybridized carbons (Fsp3) is 1.00. The SMILES string of the molecule is CSCCC(C)(CO)NC1CC1. The highest BCUT2D eigenvalue weighted by atomic mass is 32.2. The number of thioether (sulfide) groups is 1. The zero-order valence-corrected chi connectivity index (χ0v) is 8.78. The van der Waals surface area contributed by atoms with Gasteiger partial charge in [-0.1, -0.05) is 0 Å². The van der Waals surface area contributed by atoms with Crippen molar-refractivity contribution in [2.75, 3.05) is 18.6 Å². The first-order valence-electron chi connectivity index (χ1n) is 4.58. The predicted molar refractivity (Wildman–Crippen MR) is 54.6 cm³/mol. The molecule has 1 atom stereocenters. The number of hydrogen-bond donors (Lipinski definition) is 2. The lowest BCUT2D eigenvalue weighted by atomic mass is 10.0. The lowest BCUT2D eigenvalue weighted by molar-refractivity contribution is 0.169. The summed E-state index contributed by atoms with van der Waals surface area (Å²) in [5.41, 5.74) is -0.0375. The topological polar surface area (TPSA) is 32.3 Å². The average molecular weight is 189 g/mol. The van der Waals surface area contributed by atoms with E-state index in [-0.39, 0.29) is 12.1 Å². The van der Waals surface area contributed by atoms with E-state index in [0.717, 1.165) is 12.2 Å². The summed E-state index contributed by atoms with van der Waals surface area (Å²) in [4.78, 5) is 0. The Labute approximate surface area is 79.1 Å². The van der Waals surface area contributed by atoms with Crippen LogP contribution in [0.2, 0.25) is 0 Å². The molecule has 0 bridgehead atoms. The third-order valence-corrected chi connectivity index (χ3v) is 2.95. The average Bonchev–Trinajstić information content (AvgIpc) is 2.85. The standard InChI is InChI=1S/C9H19NOS/c1-9(7-11,5-6-12-2)10-8-3-4-8/h8,10-11H,3-7H2,1-2H3. The van der Waals surface area contributed by atoms with Gasteiger partial charge in [-0.2, -0.15) is 11.8 Å². The van der Waals surface area contributed by atoms with Crippen molar-refractivity contribution >= 4 is 11.8 Å². The van der Waals surface area contributed by atoms with Crippen LogP contribution in [0.1, 0.15) is 26.2 Å². The van der Waals surface area contributed by atoms with Gasteiger partial charge >= 0.3 is 0 Å². The molecule has 1 aliphatic rings. The summed E-state index contributed by atoms with van der Waals surface area (Å²) in [7, 11) is 0. The normalized spacial score (nSPS) is 22.2. The van der Waals surface area contributed by atoms with Crippen molar-refractivity contribution < 1.29 is 5.11 Å². The van der Waals surface area contributed by atoms with Gasteiger partial charge in [0.05, 0.1) is 6.61 Å². The maximum absolute atomic E-state index is 9.22. The van der Waals surface area contributed by atoms with E-state index in [1.54, 1.807) is 0 Å². The number of rotatable bonds is 6. The first-order chi connectivity index (χ1) is 5.70. The third kappa shape index (κ3) is 3.33. The van der Waals surface area contributed by atoms with E-state index in [0.29, 0.717) is 6.04 Å². The third-order valence-electron chi connectivity index (χ3n) is 2.34. The Morgan fingerprint density at radius 2 is 2.25 bits per heavy atom. The zero-order valence-electron chi connectivity index (χ0n) is 7.97. The minimum atomic E-state index is -0.0375. The van der Waals surface area contributed by atoms with Gasteiger partial charge in [0.2, 0.25) is 0 Å². The van der Waals surface area contributed by atoms with Gasteiger partial charge in [0.25, 0.3) is 0 Å². The molecular formula is C9H19NOS. The van der Waals surface area contributed by atoms with Gasteiger partial charge in [0, 0.05) is 11.6 Å². The van der Waals surface area contributed by atoms with Crippen molar-refractivity contribution in [1.82, 2.24) is 5.32 Å². The van der Waals surface area contributed by atoms with Crippen molar-refractivity contribution in [2.45, 2.75) is 37.8 Å². The highest BCUT2D eigenvalue weighted by molar-refractivity contribution is 7.98. The smallest absolute Gasteiger partial charge is 0.0610 e. The second-order valence-corrected chi connectivity index (χ2v) is 4.87. The minimum Gasteiger partial charge on any atom is -0.394 e. The van der Waals surface area contributed by atoms with Crippen LogP contribution in [0, 0.1) is 0 Å². The quantitative estimate of drug-likeness (QED) is 0.659. The molecule has 0 radical (unpaired) electrons. The minimum absolute atomic E-state index is 0.0375. The van der Waals surface area contributed by atoms with Crippen LogP contribution < -0.4 is 5.32 Å². The van der Waals surface area contributed by atoms with E-state index in [2.05, 4.69) is 18.5 Å². The van der Waals surface area contributed by atoms with Crippen LogP contribution in [0.25, 0.3) is 0 Å². The van der Waals surface area contributed by atoms with Gasteiger partial charge in [-0.3, -0.25) is 0 Å². The van der Waals surface area contributed by atoms with Crippen LogP contribution in [0.15, 0.2) is 0 Å². The lowest BCUT2D eigenvalue weighted by Gasteiger charge is -2.28. The van der Waals surface area contributed by atoms with Crippen LogP contribution in [0.3, 0.4) is 0 Å². The molecule has 72 valence electrons. The van der Waals surface area contributed by atoms with E-state index in [4.69, 9.17) is 0 Å². The van der Waals surface area contributed by atoms with Crippen molar-refractivity contribution in [1.29, 1.82) is 0 Å². The molecule has 0 aromatic carbocycles. The van der Waals surface area contributed by atoms with Gasteiger partial charge in [-0.05, 0) is 38.2 Å². The summed E-state index contributed by atoms with van der Waals surface area (Å²) in [6.07, 6.45) is 5.74. The van der Waals surface area contributed by atoms with E-state index >= 15 is 0 Å². The molecule has 0 aromatic heterocycles. The molecule has 12 heavy (non-hydrogen) atoms. The van der Waals surface area contributed by atoms with Gasteiger partial charge in [0.15, 0.2) is 0 Å². The number of nitrogens with one attached hydrogen (secondary N) is 1. The Morgan fingerprint density at radius 3 is 2.67 bits per heavy atom. The summed E-state index contributed by atoms with van der Waals surface area (Å²) >= 11 is 1.84. The number of aliphatic hydroxyl groups is 1. The molecule has 0 aromatic rings. The van der Waals surface area contributed by atoms with Crippen molar-refractivity contribution in [3.05, 3.63) is 0 Å². The maximum atomic E-state index is 9.22. The molecular weight excluding hydrogens is 170 g/mol. The highest BCUT2D eigenvalue weighted by Crippen LogP contribution is 2.24. The van der Waals surface area contributed by atoms with Crippen molar-refractivity contribution in [3.8, 4) is 0 Å². The van der Waals surface area contributed by atoms with Crippen LogP contribution in [-0.4, -0.2) is 35.3 Å². The van der Waals surface area contributed by atoms with Gasteiger partial charge in [-0.25, -0.2) is 0 Å². The predicted octanol–water partition coefficient (Wildman–Crippen LogP) is 1.24. The molecule has 0 saturated heterocycles. The fourth-order valence-corrected chi connectivity index (χ4v) is 1.90. The van der Waals surface area contributed by atoms with Crippen LogP contribution in [0.5, 0.6) is 0 Å². The Hall–Kier alpha value is 0.270. The number of hydrogen-bond acceptors (Lipinski definition) is 3. The summed E-state index contributed by atoms with van der Waals surface area (Å²) < 4.78 is 0. The lowest BCUT2D eigenvalue weighted by Crippen LogP contribution is -2.47. The van der Waals surface area contributed by atoms with Crippen LogP contribution >= 0.6 is 11.8 Å². The van der Waals surface area contributed by atoms with E-state index in [9.17, 15) is 5.11 Å². The summed E-state index contributed by atoms with van der Waals surface area (Å²) in [5.74, 6) is 1.12. The summed E-state index contributed by atoms with van der Waals surface area (Å²) in [5, 5.41) is 12.7. The molecule has 1 saturated carbocycles. The summed E-state index contributed by atoms with van der Waals surface area (Å²) in [6.45, 7) is 2.37. The molecule has 1 fully saturated rings. The van der Waals surface area contributed by atoms with Crippen molar-refractivity contribution in [2.24, 2.45) is 0 Å². The fourth-order valence-electron chi connectivity index (χ4n) is 1.24. The maximum Gasteiger partial charge on any atom is 0.0610 e. The molecule has 1 aliphatic carbocycles. The molecule has 3 heteroatoms. The largest absolute Gasteiger partial charge is 0.394 e. The van der Waals surface area contributed by atoms with Crippen LogP contribution in [-0.2, 0) is 0 Å². The Bertz CT molecular complexity index is 138. The monoisotopic (exact) mass is 189 g/mol. The van der Waals surface area contributed by atoms with E-state index in [1.165, 1.54) is 12.8 Å². The molecule has 2 N–H and O–H groups in total. The Morgan fingerprint density at radius 1 is 1.58 bits per heavy atom. The van der Waals surface area contributed by atoms with Crippen molar-refractivity contribution in [3.63, 3.8) is 0 Å². The van der Waals surface area contributed by atoms with Gasteiger partial charge in [-0.15, -0.1) is 0 Å². The van der Waals surface area contributed by atoms with Gasteiger partial charge < -0.3 is 10.4 Å². The zero-order chi connectivity index (χ0) is 9.03. The molecule has 0 aliphatic heterocycles. The van der Waals surface area contributed by atoms with E-state index < -0.39 is 0 Å². The molecule has 0 amide bonds. The second kappa shape index (κ2) is 4.49. The Balaban J connectivity index is 2.25. The summed E-state index contributed by atoms with van der Waals surface area (Å²) in [6, 6.07) is 0.684.